The molecule has 23 heavy (non-hydrogen) atoms. The van der Waals surface area contributed by atoms with Gasteiger partial charge in [0.25, 0.3) is 0 Å². The number of halogens is 1. The van der Waals surface area contributed by atoms with Crippen LogP contribution in [0.3, 0.4) is 0 Å². The zero-order chi connectivity index (χ0) is 16.2. The van der Waals surface area contributed by atoms with Crippen molar-refractivity contribution in [1.29, 1.82) is 0 Å². The monoisotopic (exact) mass is 335 g/mol. The Labute approximate surface area is 143 Å². The van der Waals surface area contributed by atoms with E-state index in [1.54, 1.807) is 0 Å². The first-order valence-electron chi connectivity index (χ1n) is 8.61. The summed E-state index contributed by atoms with van der Waals surface area (Å²) in [6.45, 7) is 3.17. The Morgan fingerprint density at radius 3 is 2.91 bits per heavy atom. The smallest absolute Gasteiger partial charge is 0.236 e. The molecule has 0 bridgehead atoms. The molecule has 1 saturated carbocycles. The maximum absolute atomic E-state index is 12.7. The summed E-state index contributed by atoms with van der Waals surface area (Å²) in [5, 5.41) is 4.18. The topological polar surface area (TPSA) is 35.6 Å². The summed E-state index contributed by atoms with van der Waals surface area (Å²) in [4.78, 5) is 16.9. The quantitative estimate of drug-likeness (QED) is 0.919. The van der Waals surface area contributed by atoms with Crippen LogP contribution in [-0.4, -0.2) is 55.0 Å². The molecule has 0 radical (unpaired) electrons. The van der Waals surface area contributed by atoms with E-state index in [0.29, 0.717) is 12.6 Å². The van der Waals surface area contributed by atoms with Crippen LogP contribution in [0, 0.1) is 0 Å². The number of benzene rings is 1. The Balaban J connectivity index is 1.67. The van der Waals surface area contributed by atoms with Crippen LogP contribution >= 0.6 is 11.6 Å². The summed E-state index contributed by atoms with van der Waals surface area (Å²) < 4.78 is 0. The Hall–Kier alpha value is -1.10. The molecule has 1 heterocycles. The number of nitrogens with one attached hydrogen (secondary N) is 1. The van der Waals surface area contributed by atoms with E-state index < -0.39 is 0 Å². The van der Waals surface area contributed by atoms with Crippen molar-refractivity contribution in [3.8, 4) is 0 Å². The van der Waals surface area contributed by atoms with Crippen LogP contribution in [0.4, 0.5) is 0 Å². The van der Waals surface area contributed by atoms with Crippen molar-refractivity contribution in [2.45, 2.75) is 37.8 Å². The van der Waals surface area contributed by atoms with Gasteiger partial charge in [-0.1, -0.05) is 36.6 Å². The first-order chi connectivity index (χ1) is 11.1. The molecule has 1 N–H and O–H groups in total. The highest BCUT2D eigenvalue weighted by Crippen LogP contribution is 2.26. The number of nitrogens with zero attached hydrogens (tertiary/aromatic N) is 2. The predicted octanol–water partition coefficient (Wildman–Crippen LogP) is 2.69. The van der Waals surface area contributed by atoms with E-state index in [0.717, 1.165) is 37.5 Å². The Bertz CT molecular complexity index is 545. The first kappa shape index (κ1) is 16.7. The van der Waals surface area contributed by atoms with Crippen molar-refractivity contribution < 1.29 is 4.79 Å². The highest BCUT2D eigenvalue weighted by atomic mass is 35.5. The first-order valence-corrected chi connectivity index (χ1v) is 8.99. The molecule has 126 valence electrons. The molecular weight excluding hydrogens is 310 g/mol. The maximum Gasteiger partial charge on any atom is 0.236 e. The standard InChI is InChI=1S/C18H26ClN3O/c1-21(16-7-2-3-8-16)18(23)13-22-10-9-20-12-17(22)14-5-4-6-15(19)11-14/h4-6,11,16-17,20H,2-3,7-10,12-13H2,1H3. The van der Waals surface area contributed by atoms with Gasteiger partial charge in [0.1, 0.15) is 0 Å². The maximum atomic E-state index is 12.7. The summed E-state index contributed by atoms with van der Waals surface area (Å²) in [7, 11) is 1.97. The van der Waals surface area contributed by atoms with Gasteiger partial charge < -0.3 is 10.2 Å². The van der Waals surface area contributed by atoms with E-state index in [1.165, 1.54) is 18.4 Å². The number of likely N-dealkylation sites (N-methyl/N-ethyl adjacent to an activating group) is 1. The fourth-order valence-electron chi connectivity index (χ4n) is 3.76. The second-order valence-electron chi connectivity index (χ2n) is 6.69. The molecule has 1 amide bonds. The molecule has 3 rings (SSSR count). The molecule has 1 atom stereocenters. The molecule has 2 aliphatic rings. The number of rotatable bonds is 4. The van der Waals surface area contributed by atoms with Crippen molar-refractivity contribution in [3.63, 3.8) is 0 Å². The molecule has 0 aromatic heterocycles. The summed E-state index contributed by atoms with van der Waals surface area (Å²) >= 11 is 6.14. The molecule has 1 aliphatic heterocycles. The van der Waals surface area contributed by atoms with E-state index in [1.807, 2.05) is 30.1 Å². The lowest BCUT2D eigenvalue weighted by atomic mass is 10.0. The lowest BCUT2D eigenvalue weighted by molar-refractivity contribution is -0.134. The van der Waals surface area contributed by atoms with Crippen molar-refractivity contribution in [1.82, 2.24) is 15.1 Å². The van der Waals surface area contributed by atoms with Crippen LogP contribution in [0.5, 0.6) is 0 Å². The van der Waals surface area contributed by atoms with E-state index in [4.69, 9.17) is 11.6 Å². The second-order valence-corrected chi connectivity index (χ2v) is 7.12. The highest BCUT2D eigenvalue weighted by molar-refractivity contribution is 6.30. The van der Waals surface area contributed by atoms with E-state index >= 15 is 0 Å². The summed E-state index contributed by atoms with van der Waals surface area (Å²) in [6.07, 6.45) is 4.81. The highest BCUT2D eigenvalue weighted by Gasteiger charge is 2.29. The van der Waals surface area contributed by atoms with E-state index in [2.05, 4.69) is 16.3 Å². The summed E-state index contributed by atoms with van der Waals surface area (Å²) in [6, 6.07) is 8.64. The lowest BCUT2D eigenvalue weighted by Gasteiger charge is -2.37. The fraction of sp³-hybridized carbons (Fsp3) is 0.611. The molecule has 1 aliphatic carbocycles. The van der Waals surface area contributed by atoms with Gasteiger partial charge in [-0.2, -0.15) is 0 Å². The largest absolute Gasteiger partial charge is 0.342 e. The van der Waals surface area contributed by atoms with Crippen molar-refractivity contribution in [2.75, 3.05) is 33.2 Å². The summed E-state index contributed by atoms with van der Waals surface area (Å²) in [5.41, 5.74) is 1.18. The summed E-state index contributed by atoms with van der Waals surface area (Å²) in [5.74, 6) is 0.242. The van der Waals surface area contributed by atoms with Crippen LogP contribution < -0.4 is 5.32 Å². The second kappa shape index (κ2) is 7.65. The third-order valence-electron chi connectivity index (χ3n) is 5.19. The van der Waals surface area contributed by atoms with Gasteiger partial charge in [-0.3, -0.25) is 9.69 Å². The zero-order valence-electron chi connectivity index (χ0n) is 13.8. The molecule has 5 heteroatoms. The minimum Gasteiger partial charge on any atom is -0.342 e. The van der Waals surface area contributed by atoms with Crippen molar-refractivity contribution >= 4 is 17.5 Å². The molecule has 1 saturated heterocycles. The van der Waals surface area contributed by atoms with Gasteiger partial charge in [-0.05, 0) is 30.5 Å². The molecule has 1 aromatic carbocycles. The molecule has 1 aromatic rings. The SMILES string of the molecule is CN(C(=O)CN1CCNCC1c1cccc(Cl)c1)C1CCCC1. The zero-order valence-corrected chi connectivity index (χ0v) is 14.6. The molecule has 2 fully saturated rings. The number of carbonyl (C=O) groups excluding carboxylic acids is 1. The molecular formula is C18H26ClN3O. The Morgan fingerprint density at radius 1 is 1.39 bits per heavy atom. The fourth-order valence-corrected chi connectivity index (χ4v) is 3.96. The van der Waals surface area contributed by atoms with Gasteiger partial charge in [0.05, 0.1) is 6.54 Å². The number of hydrogen-bond donors (Lipinski definition) is 1. The Kier molecular flexibility index (Phi) is 5.57. The number of carbonyl (C=O) groups is 1. The normalized spacial score (nSPS) is 23.1. The molecule has 1 unspecified atom stereocenters. The minimum absolute atomic E-state index is 0.211. The van der Waals surface area contributed by atoms with Gasteiger partial charge >= 0.3 is 0 Å². The number of amides is 1. The van der Waals surface area contributed by atoms with Gasteiger partial charge in [-0.15, -0.1) is 0 Å². The third kappa shape index (κ3) is 4.06. The van der Waals surface area contributed by atoms with Crippen LogP contribution in [0.15, 0.2) is 24.3 Å². The molecule has 0 spiro atoms. The minimum atomic E-state index is 0.211. The average molecular weight is 336 g/mol. The van der Waals surface area contributed by atoms with E-state index in [-0.39, 0.29) is 11.9 Å². The van der Waals surface area contributed by atoms with Crippen LogP contribution in [0.2, 0.25) is 5.02 Å². The van der Waals surface area contributed by atoms with Gasteiger partial charge in [0, 0.05) is 43.8 Å². The van der Waals surface area contributed by atoms with Crippen molar-refractivity contribution in [2.24, 2.45) is 0 Å². The van der Waals surface area contributed by atoms with Gasteiger partial charge in [0.15, 0.2) is 0 Å². The van der Waals surface area contributed by atoms with Crippen LogP contribution in [0.1, 0.15) is 37.3 Å². The van der Waals surface area contributed by atoms with Crippen molar-refractivity contribution in [3.05, 3.63) is 34.9 Å². The van der Waals surface area contributed by atoms with E-state index in [9.17, 15) is 4.79 Å². The average Bonchev–Trinajstić information content (AvgIpc) is 3.09. The van der Waals surface area contributed by atoms with Crippen LogP contribution in [0.25, 0.3) is 0 Å². The van der Waals surface area contributed by atoms with Gasteiger partial charge in [-0.25, -0.2) is 0 Å². The Morgan fingerprint density at radius 2 is 2.17 bits per heavy atom. The van der Waals surface area contributed by atoms with Gasteiger partial charge in [0.2, 0.25) is 5.91 Å². The molecule has 4 nitrogen and oxygen atoms in total. The number of hydrogen-bond acceptors (Lipinski definition) is 3. The third-order valence-corrected chi connectivity index (χ3v) is 5.43. The number of piperazine rings is 1. The predicted molar refractivity (Wildman–Crippen MR) is 93.7 cm³/mol. The lowest BCUT2D eigenvalue weighted by Crippen LogP contribution is -2.50. The van der Waals surface area contributed by atoms with Crippen LogP contribution in [-0.2, 0) is 4.79 Å².